The Labute approximate surface area is 122 Å². The molecule has 0 aliphatic carbocycles. The monoisotopic (exact) mass is 353 g/mol. The van der Waals surface area contributed by atoms with Gasteiger partial charge in [-0.15, -0.1) is 11.3 Å². The van der Waals surface area contributed by atoms with E-state index in [-0.39, 0.29) is 6.04 Å². The number of aryl methyl sites for hydroxylation is 1. The van der Waals surface area contributed by atoms with Crippen molar-refractivity contribution in [3.05, 3.63) is 14.7 Å². The summed E-state index contributed by atoms with van der Waals surface area (Å²) in [5.41, 5.74) is 0. The molecular formula is C12H20BrNO2S2. The third-order valence-corrected chi connectivity index (χ3v) is 6.60. The maximum absolute atomic E-state index is 12.3. The average Bonchev–Trinajstić information content (AvgIpc) is 2.59. The SMILES string of the molecule is CCC(CC)C(C)NS(=O)(=O)c1cc(Br)sc1C. The topological polar surface area (TPSA) is 46.2 Å². The quantitative estimate of drug-likeness (QED) is 0.842. The molecule has 0 saturated heterocycles. The van der Waals surface area contributed by atoms with Crippen molar-refractivity contribution < 1.29 is 8.42 Å². The van der Waals surface area contributed by atoms with E-state index in [0.29, 0.717) is 10.8 Å². The van der Waals surface area contributed by atoms with Gasteiger partial charge in [0.15, 0.2) is 0 Å². The van der Waals surface area contributed by atoms with Gasteiger partial charge in [0.25, 0.3) is 0 Å². The Morgan fingerprint density at radius 1 is 1.39 bits per heavy atom. The van der Waals surface area contributed by atoms with Gasteiger partial charge in [-0.2, -0.15) is 0 Å². The third kappa shape index (κ3) is 3.79. The molecule has 0 saturated carbocycles. The minimum absolute atomic E-state index is 0.0388. The summed E-state index contributed by atoms with van der Waals surface area (Å²) < 4.78 is 28.2. The molecule has 1 aromatic rings. The second-order valence-electron chi connectivity index (χ2n) is 4.46. The van der Waals surface area contributed by atoms with Crippen LogP contribution >= 0.6 is 27.3 Å². The summed E-state index contributed by atoms with van der Waals surface area (Å²) in [5.74, 6) is 0.377. The summed E-state index contributed by atoms with van der Waals surface area (Å²) in [6.45, 7) is 7.94. The Kier molecular flexibility index (Phi) is 5.83. The Morgan fingerprint density at radius 2 is 1.94 bits per heavy atom. The van der Waals surface area contributed by atoms with Gasteiger partial charge in [0.1, 0.15) is 0 Å². The predicted octanol–water partition coefficient (Wildman–Crippen LogP) is 3.92. The van der Waals surface area contributed by atoms with Crippen LogP contribution in [0.4, 0.5) is 0 Å². The highest BCUT2D eigenvalue weighted by Crippen LogP contribution is 2.30. The van der Waals surface area contributed by atoms with Crippen LogP contribution in [0.2, 0.25) is 0 Å². The molecule has 0 amide bonds. The highest BCUT2D eigenvalue weighted by atomic mass is 79.9. The van der Waals surface area contributed by atoms with Gasteiger partial charge in [-0.25, -0.2) is 13.1 Å². The number of hydrogen-bond donors (Lipinski definition) is 1. The molecular weight excluding hydrogens is 334 g/mol. The molecule has 3 nitrogen and oxygen atoms in total. The fourth-order valence-electron chi connectivity index (χ4n) is 2.10. The van der Waals surface area contributed by atoms with Crippen LogP contribution in [0, 0.1) is 12.8 Å². The molecule has 0 radical (unpaired) electrons. The van der Waals surface area contributed by atoms with E-state index in [1.54, 1.807) is 6.07 Å². The molecule has 6 heteroatoms. The minimum atomic E-state index is -3.40. The van der Waals surface area contributed by atoms with Crippen molar-refractivity contribution in [3.8, 4) is 0 Å². The van der Waals surface area contributed by atoms with Crippen LogP contribution in [0.1, 0.15) is 38.5 Å². The molecule has 104 valence electrons. The Morgan fingerprint density at radius 3 is 2.33 bits per heavy atom. The van der Waals surface area contributed by atoms with E-state index in [1.807, 2.05) is 13.8 Å². The molecule has 0 spiro atoms. The van der Waals surface area contributed by atoms with E-state index in [1.165, 1.54) is 11.3 Å². The molecule has 1 aromatic heterocycles. The second-order valence-corrected chi connectivity index (χ2v) is 8.78. The normalized spacial score (nSPS) is 14.1. The first kappa shape index (κ1) is 16.1. The molecule has 0 aliphatic rings. The highest BCUT2D eigenvalue weighted by Gasteiger charge is 2.24. The van der Waals surface area contributed by atoms with Crippen LogP contribution in [0.25, 0.3) is 0 Å². The van der Waals surface area contributed by atoms with Crippen LogP contribution in [0.3, 0.4) is 0 Å². The van der Waals surface area contributed by atoms with Gasteiger partial charge < -0.3 is 0 Å². The van der Waals surface area contributed by atoms with Crippen LogP contribution in [0.5, 0.6) is 0 Å². The lowest BCUT2D eigenvalue weighted by Crippen LogP contribution is -2.37. The summed E-state index contributed by atoms with van der Waals surface area (Å²) in [7, 11) is -3.40. The number of hydrogen-bond acceptors (Lipinski definition) is 3. The van der Waals surface area contributed by atoms with Crippen LogP contribution in [-0.4, -0.2) is 14.5 Å². The zero-order valence-electron chi connectivity index (χ0n) is 11.2. The number of rotatable bonds is 6. The van der Waals surface area contributed by atoms with Crippen LogP contribution in [0.15, 0.2) is 14.7 Å². The molecule has 0 aromatic carbocycles. The van der Waals surface area contributed by atoms with Crippen molar-refractivity contribution in [1.29, 1.82) is 0 Å². The summed E-state index contributed by atoms with van der Waals surface area (Å²) >= 11 is 4.76. The van der Waals surface area contributed by atoms with E-state index in [0.717, 1.165) is 21.5 Å². The second kappa shape index (κ2) is 6.50. The fraction of sp³-hybridized carbons (Fsp3) is 0.667. The lowest BCUT2D eigenvalue weighted by atomic mass is 9.96. The van der Waals surface area contributed by atoms with Crippen LogP contribution in [-0.2, 0) is 10.0 Å². The third-order valence-electron chi connectivity index (χ3n) is 3.23. The first-order valence-electron chi connectivity index (χ1n) is 6.10. The number of nitrogens with one attached hydrogen (secondary N) is 1. The van der Waals surface area contributed by atoms with Gasteiger partial charge in [-0.05, 0) is 41.8 Å². The van der Waals surface area contributed by atoms with E-state index in [4.69, 9.17) is 0 Å². The molecule has 1 rings (SSSR count). The Hall–Kier alpha value is 0.0900. The molecule has 0 bridgehead atoms. The van der Waals surface area contributed by atoms with E-state index < -0.39 is 10.0 Å². The van der Waals surface area contributed by atoms with E-state index in [2.05, 4.69) is 34.5 Å². The molecule has 1 N–H and O–H groups in total. The van der Waals surface area contributed by atoms with Gasteiger partial charge in [0.2, 0.25) is 10.0 Å². The summed E-state index contributed by atoms with van der Waals surface area (Å²) in [6, 6.07) is 1.63. The molecule has 18 heavy (non-hydrogen) atoms. The van der Waals surface area contributed by atoms with Gasteiger partial charge in [-0.3, -0.25) is 0 Å². The maximum Gasteiger partial charge on any atom is 0.241 e. The fourth-order valence-corrected chi connectivity index (χ4v) is 5.82. The average molecular weight is 354 g/mol. The first-order chi connectivity index (χ1) is 8.31. The smallest absolute Gasteiger partial charge is 0.208 e. The van der Waals surface area contributed by atoms with Crippen molar-refractivity contribution in [2.24, 2.45) is 5.92 Å². The molecule has 1 atom stereocenters. The number of halogens is 1. The number of sulfonamides is 1. The standard InChI is InChI=1S/C12H20BrNO2S2/c1-5-10(6-2)8(3)14-18(15,16)11-7-12(13)17-9(11)4/h7-8,10,14H,5-6H2,1-4H3. The lowest BCUT2D eigenvalue weighted by molar-refractivity contribution is 0.390. The molecule has 0 aliphatic heterocycles. The zero-order valence-corrected chi connectivity index (χ0v) is 14.4. The zero-order chi connectivity index (χ0) is 13.9. The van der Waals surface area contributed by atoms with E-state index >= 15 is 0 Å². The largest absolute Gasteiger partial charge is 0.241 e. The highest BCUT2D eigenvalue weighted by molar-refractivity contribution is 9.11. The van der Waals surface area contributed by atoms with Crippen molar-refractivity contribution >= 4 is 37.3 Å². The van der Waals surface area contributed by atoms with Crippen molar-refractivity contribution in [2.75, 3.05) is 0 Å². The van der Waals surface area contributed by atoms with Gasteiger partial charge in [0.05, 0.1) is 8.68 Å². The summed E-state index contributed by atoms with van der Waals surface area (Å²) in [4.78, 5) is 1.20. The van der Waals surface area contributed by atoms with Crippen molar-refractivity contribution in [2.45, 2.75) is 51.5 Å². The van der Waals surface area contributed by atoms with Gasteiger partial charge >= 0.3 is 0 Å². The van der Waals surface area contributed by atoms with E-state index in [9.17, 15) is 8.42 Å². The minimum Gasteiger partial charge on any atom is -0.208 e. The van der Waals surface area contributed by atoms with Crippen LogP contribution < -0.4 is 4.72 Å². The summed E-state index contributed by atoms with van der Waals surface area (Å²) in [6.07, 6.45) is 1.96. The number of thiophene rings is 1. The van der Waals surface area contributed by atoms with Crippen molar-refractivity contribution in [1.82, 2.24) is 4.72 Å². The Balaban J connectivity index is 2.92. The van der Waals surface area contributed by atoms with Crippen molar-refractivity contribution in [3.63, 3.8) is 0 Å². The summed E-state index contributed by atoms with van der Waals surface area (Å²) in [5, 5.41) is 0. The molecule has 1 heterocycles. The lowest BCUT2D eigenvalue weighted by Gasteiger charge is -2.22. The maximum atomic E-state index is 12.3. The molecule has 0 fully saturated rings. The predicted molar refractivity (Wildman–Crippen MR) is 80.6 cm³/mol. The van der Waals surface area contributed by atoms with Gasteiger partial charge in [-0.1, -0.05) is 26.7 Å². The molecule has 1 unspecified atom stereocenters. The Bertz CT molecular complexity index is 492. The van der Waals surface area contributed by atoms with Gasteiger partial charge in [0, 0.05) is 10.9 Å². The first-order valence-corrected chi connectivity index (χ1v) is 9.19.